The molecule has 0 aliphatic carbocycles. The summed E-state index contributed by atoms with van der Waals surface area (Å²) in [7, 11) is 0. The molecule has 90 valence electrons. The Morgan fingerprint density at radius 2 is 1.88 bits per heavy atom. The molecule has 0 saturated heterocycles. The van der Waals surface area contributed by atoms with Gasteiger partial charge in [-0.3, -0.25) is 0 Å². The van der Waals surface area contributed by atoms with E-state index in [9.17, 15) is 0 Å². The van der Waals surface area contributed by atoms with E-state index in [1.165, 1.54) is 9.75 Å². The van der Waals surface area contributed by atoms with Gasteiger partial charge in [-0.15, -0.1) is 22.9 Å². The summed E-state index contributed by atoms with van der Waals surface area (Å²) in [4.78, 5) is 2.53. The molecular weight excluding hydrogens is 339 g/mol. The van der Waals surface area contributed by atoms with Crippen molar-refractivity contribution in [3.8, 4) is 0 Å². The maximum absolute atomic E-state index is 6.51. The molecule has 0 aliphatic rings. The highest BCUT2D eigenvalue weighted by molar-refractivity contribution is 9.10. The first-order chi connectivity index (χ1) is 7.99. The number of benzene rings is 1. The highest BCUT2D eigenvalue weighted by Crippen LogP contribution is 2.38. The highest BCUT2D eigenvalue weighted by Gasteiger charge is 2.18. The number of halogens is 3. The van der Waals surface area contributed by atoms with E-state index in [-0.39, 0.29) is 5.38 Å². The second-order valence-electron chi connectivity index (χ2n) is 3.90. The van der Waals surface area contributed by atoms with Gasteiger partial charge in [-0.25, -0.2) is 0 Å². The average molecular weight is 350 g/mol. The summed E-state index contributed by atoms with van der Waals surface area (Å²) < 4.78 is 0.966. The second-order valence-corrected chi connectivity index (χ2v) is 7.12. The number of aryl methyl sites for hydroxylation is 2. The van der Waals surface area contributed by atoms with Crippen molar-refractivity contribution in [1.29, 1.82) is 0 Å². The molecule has 0 saturated carbocycles. The van der Waals surface area contributed by atoms with Gasteiger partial charge in [-0.2, -0.15) is 0 Å². The Balaban J connectivity index is 2.43. The minimum atomic E-state index is -0.180. The van der Waals surface area contributed by atoms with Crippen molar-refractivity contribution in [3.63, 3.8) is 0 Å². The molecule has 0 spiro atoms. The smallest absolute Gasteiger partial charge is 0.0860 e. The minimum absolute atomic E-state index is 0.180. The Morgan fingerprint density at radius 3 is 2.41 bits per heavy atom. The van der Waals surface area contributed by atoms with Gasteiger partial charge >= 0.3 is 0 Å². The fourth-order valence-corrected chi connectivity index (χ4v) is 4.06. The first kappa shape index (κ1) is 13.4. The van der Waals surface area contributed by atoms with Gasteiger partial charge in [0.25, 0.3) is 0 Å². The van der Waals surface area contributed by atoms with Crippen LogP contribution in [-0.4, -0.2) is 0 Å². The van der Waals surface area contributed by atoms with Crippen LogP contribution in [0.1, 0.15) is 26.3 Å². The van der Waals surface area contributed by atoms with Crippen LogP contribution in [0, 0.1) is 13.8 Å². The Morgan fingerprint density at radius 1 is 1.18 bits per heavy atom. The monoisotopic (exact) mass is 348 g/mol. The molecule has 0 fully saturated rings. The number of hydrogen-bond donors (Lipinski definition) is 0. The largest absolute Gasteiger partial charge is 0.146 e. The van der Waals surface area contributed by atoms with Crippen molar-refractivity contribution in [2.24, 2.45) is 0 Å². The van der Waals surface area contributed by atoms with Crippen molar-refractivity contribution >= 4 is 50.5 Å². The predicted molar refractivity (Wildman–Crippen MR) is 80.6 cm³/mol. The van der Waals surface area contributed by atoms with Crippen LogP contribution in [0.15, 0.2) is 28.7 Å². The fraction of sp³-hybridized carbons (Fsp3) is 0.231. The van der Waals surface area contributed by atoms with Crippen LogP contribution in [0.4, 0.5) is 0 Å². The van der Waals surface area contributed by atoms with E-state index in [1.807, 2.05) is 18.2 Å². The number of rotatable bonds is 2. The molecule has 1 atom stereocenters. The Labute approximate surface area is 124 Å². The maximum atomic E-state index is 6.51. The molecule has 4 heteroatoms. The molecule has 2 aromatic rings. The zero-order valence-corrected chi connectivity index (χ0v) is 13.3. The van der Waals surface area contributed by atoms with E-state index in [1.54, 1.807) is 11.3 Å². The topological polar surface area (TPSA) is 0 Å². The molecule has 0 amide bonds. The van der Waals surface area contributed by atoms with E-state index in [2.05, 4.69) is 35.8 Å². The van der Waals surface area contributed by atoms with Gasteiger partial charge in [0.15, 0.2) is 0 Å². The first-order valence-corrected chi connectivity index (χ1v) is 7.57. The molecule has 0 aliphatic heterocycles. The molecule has 2 rings (SSSR count). The molecule has 0 radical (unpaired) electrons. The molecule has 1 aromatic heterocycles. The van der Waals surface area contributed by atoms with E-state index in [0.29, 0.717) is 5.02 Å². The van der Waals surface area contributed by atoms with Crippen LogP contribution in [0.5, 0.6) is 0 Å². The van der Waals surface area contributed by atoms with Gasteiger partial charge in [0.2, 0.25) is 0 Å². The van der Waals surface area contributed by atoms with Crippen molar-refractivity contribution < 1.29 is 0 Å². The lowest BCUT2D eigenvalue weighted by atomic mass is 10.1. The predicted octanol–water partition coefficient (Wildman–Crippen LogP) is 6.11. The number of hydrogen-bond acceptors (Lipinski definition) is 1. The molecule has 1 aromatic carbocycles. The van der Waals surface area contributed by atoms with E-state index in [4.69, 9.17) is 23.2 Å². The summed E-state index contributed by atoms with van der Waals surface area (Å²) in [5.41, 5.74) is 2.11. The van der Waals surface area contributed by atoms with Gasteiger partial charge < -0.3 is 0 Å². The lowest BCUT2D eigenvalue weighted by Gasteiger charge is -2.12. The summed E-state index contributed by atoms with van der Waals surface area (Å²) >= 11 is 17.9. The van der Waals surface area contributed by atoms with Crippen LogP contribution in [0.25, 0.3) is 0 Å². The summed E-state index contributed by atoms with van der Waals surface area (Å²) in [5.74, 6) is 0. The quantitative estimate of drug-likeness (QED) is 0.574. The lowest BCUT2D eigenvalue weighted by Crippen LogP contribution is -1.94. The third kappa shape index (κ3) is 2.87. The summed E-state index contributed by atoms with van der Waals surface area (Å²) in [6, 6.07) is 7.94. The lowest BCUT2D eigenvalue weighted by molar-refractivity contribution is 1.13. The SMILES string of the molecule is Cc1cc(C(Cl)c2ccc(Br)cc2Cl)c(C)s1. The second kappa shape index (κ2) is 5.31. The Kier molecular flexibility index (Phi) is 4.19. The van der Waals surface area contributed by atoms with E-state index >= 15 is 0 Å². The molecule has 0 N–H and O–H groups in total. The highest BCUT2D eigenvalue weighted by atomic mass is 79.9. The van der Waals surface area contributed by atoms with Gasteiger partial charge in [0.1, 0.15) is 0 Å². The summed E-state index contributed by atoms with van der Waals surface area (Å²) in [6.07, 6.45) is 0. The molecule has 17 heavy (non-hydrogen) atoms. The molecule has 0 bridgehead atoms. The Hall–Kier alpha value is -0.0200. The van der Waals surface area contributed by atoms with E-state index < -0.39 is 0 Å². The minimum Gasteiger partial charge on any atom is -0.146 e. The van der Waals surface area contributed by atoms with Crippen molar-refractivity contribution in [2.75, 3.05) is 0 Å². The molecule has 1 unspecified atom stereocenters. The van der Waals surface area contributed by atoms with Crippen molar-refractivity contribution in [2.45, 2.75) is 19.2 Å². The summed E-state index contributed by atoms with van der Waals surface area (Å²) in [6.45, 7) is 4.18. The van der Waals surface area contributed by atoms with Crippen LogP contribution in [-0.2, 0) is 0 Å². The van der Waals surface area contributed by atoms with Crippen LogP contribution in [0.2, 0.25) is 5.02 Å². The van der Waals surface area contributed by atoms with Crippen LogP contribution >= 0.6 is 50.5 Å². The summed E-state index contributed by atoms with van der Waals surface area (Å²) in [5, 5.41) is 0.517. The molecule has 0 nitrogen and oxygen atoms in total. The number of alkyl halides is 1. The van der Waals surface area contributed by atoms with Gasteiger partial charge in [-0.1, -0.05) is 33.6 Å². The first-order valence-electron chi connectivity index (χ1n) is 5.15. The normalized spacial score (nSPS) is 12.8. The van der Waals surface area contributed by atoms with E-state index in [0.717, 1.165) is 15.6 Å². The zero-order valence-electron chi connectivity index (χ0n) is 9.43. The van der Waals surface area contributed by atoms with Crippen LogP contribution < -0.4 is 0 Å². The van der Waals surface area contributed by atoms with Crippen LogP contribution in [0.3, 0.4) is 0 Å². The van der Waals surface area contributed by atoms with Gasteiger partial charge in [0.05, 0.1) is 5.38 Å². The standard InChI is InChI=1S/C13H11BrCl2S/c1-7-5-11(8(2)17-7)13(16)10-4-3-9(14)6-12(10)15/h3-6,13H,1-2H3. The maximum Gasteiger partial charge on any atom is 0.0860 e. The van der Waals surface area contributed by atoms with Crippen molar-refractivity contribution in [3.05, 3.63) is 54.6 Å². The number of thiophene rings is 1. The third-order valence-electron chi connectivity index (χ3n) is 2.59. The average Bonchev–Trinajstić information content (AvgIpc) is 2.57. The molecular formula is C13H11BrCl2S. The third-order valence-corrected chi connectivity index (χ3v) is 4.86. The van der Waals surface area contributed by atoms with Gasteiger partial charge in [-0.05, 0) is 43.2 Å². The Bertz CT molecular complexity index is 548. The fourth-order valence-electron chi connectivity index (χ4n) is 1.78. The van der Waals surface area contributed by atoms with Gasteiger partial charge in [0, 0.05) is 19.2 Å². The van der Waals surface area contributed by atoms with Crippen molar-refractivity contribution in [1.82, 2.24) is 0 Å². The molecule has 1 heterocycles. The zero-order chi connectivity index (χ0) is 12.6.